The summed E-state index contributed by atoms with van der Waals surface area (Å²) in [7, 11) is 0. The Morgan fingerprint density at radius 3 is 2.17 bits per heavy atom. The predicted molar refractivity (Wildman–Crippen MR) is 80.9 cm³/mol. The summed E-state index contributed by atoms with van der Waals surface area (Å²) in [5, 5.41) is 10.1. The van der Waals surface area contributed by atoms with Crippen molar-refractivity contribution in [2.45, 2.75) is 38.8 Å². The third-order valence-corrected chi connectivity index (χ3v) is 8.80. The van der Waals surface area contributed by atoms with Crippen LogP contribution in [0.4, 0.5) is 0 Å². The average molecular weight is 281 g/mol. The highest BCUT2D eigenvalue weighted by Crippen LogP contribution is 2.61. The zero-order valence-corrected chi connectivity index (χ0v) is 12.9. The summed E-state index contributed by atoms with van der Waals surface area (Å²) in [6.45, 7) is 6.54. The molecule has 1 aromatic carbocycles. The van der Waals surface area contributed by atoms with E-state index >= 15 is 0 Å². The van der Waals surface area contributed by atoms with Gasteiger partial charge in [0.15, 0.2) is 0 Å². The molecular weight excluding hydrogens is 261 g/mol. The molecule has 0 unspecified atom stereocenters. The zero-order valence-electron chi connectivity index (χ0n) is 11.2. The Bertz CT molecular complexity index is 462. The Kier molecular flexibility index (Phi) is 5.53. The van der Waals surface area contributed by atoms with Crippen molar-refractivity contribution < 1.29 is 4.52 Å². The molecular formula is C14H20NOPS. The van der Waals surface area contributed by atoms with Crippen LogP contribution < -0.4 is 5.30 Å². The van der Waals surface area contributed by atoms with Crippen LogP contribution in [0, 0.1) is 11.3 Å². The molecule has 0 N–H and O–H groups in total. The third-order valence-electron chi connectivity index (χ3n) is 3.35. The molecule has 0 spiro atoms. The quantitative estimate of drug-likeness (QED) is 0.743. The second-order valence-electron chi connectivity index (χ2n) is 4.16. The van der Waals surface area contributed by atoms with Crippen molar-refractivity contribution in [2.24, 2.45) is 0 Å². The van der Waals surface area contributed by atoms with Crippen molar-refractivity contribution in [3.8, 4) is 6.07 Å². The second-order valence-corrected chi connectivity index (χ2v) is 8.43. The molecule has 0 aliphatic carbocycles. The first-order chi connectivity index (χ1) is 8.60. The fourth-order valence-corrected chi connectivity index (χ4v) is 6.50. The first kappa shape index (κ1) is 15.4. The largest absolute Gasteiger partial charge is 0.345 e. The molecule has 0 aliphatic heterocycles. The van der Waals surface area contributed by atoms with Gasteiger partial charge in [0, 0.05) is 11.9 Å². The lowest BCUT2D eigenvalue weighted by Crippen LogP contribution is -2.31. The van der Waals surface area contributed by atoms with E-state index in [0.29, 0.717) is 6.61 Å². The Balaban J connectivity index is 3.41. The molecule has 0 amide bonds. The number of rotatable bonds is 6. The summed E-state index contributed by atoms with van der Waals surface area (Å²) < 4.78 is 5.96. The van der Waals surface area contributed by atoms with Crippen LogP contribution in [0.15, 0.2) is 30.3 Å². The first-order valence-electron chi connectivity index (χ1n) is 6.31. The SMILES string of the molecule is CCO[P@@](=S)(c1ccccc1)C(C#N)(CC)CC. The summed E-state index contributed by atoms with van der Waals surface area (Å²) in [5.74, 6) is 0. The monoisotopic (exact) mass is 281 g/mol. The molecule has 2 nitrogen and oxygen atoms in total. The van der Waals surface area contributed by atoms with Gasteiger partial charge in [0.25, 0.3) is 0 Å². The van der Waals surface area contributed by atoms with Gasteiger partial charge < -0.3 is 4.52 Å². The molecule has 18 heavy (non-hydrogen) atoms. The average Bonchev–Trinajstić information content (AvgIpc) is 2.42. The Labute approximate surface area is 115 Å². The zero-order chi connectivity index (χ0) is 13.6. The number of nitriles is 1. The van der Waals surface area contributed by atoms with E-state index in [1.807, 2.05) is 51.1 Å². The van der Waals surface area contributed by atoms with Crippen LogP contribution in [0.5, 0.6) is 0 Å². The van der Waals surface area contributed by atoms with E-state index in [0.717, 1.165) is 18.1 Å². The number of nitrogens with zero attached hydrogens (tertiary/aromatic N) is 1. The lowest BCUT2D eigenvalue weighted by Gasteiger charge is -2.36. The van der Waals surface area contributed by atoms with E-state index in [2.05, 4.69) is 6.07 Å². The van der Waals surface area contributed by atoms with Crippen molar-refractivity contribution in [1.29, 1.82) is 5.26 Å². The number of hydrogen-bond donors (Lipinski definition) is 0. The molecule has 1 atom stereocenters. The number of benzene rings is 1. The van der Waals surface area contributed by atoms with Crippen LogP contribution >= 0.6 is 6.26 Å². The highest BCUT2D eigenvalue weighted by atomic mass is 32.4. The van der Waals surface area contributed by atoms with Gasteiger partial charge in [0.05, 0.1) is 6.07 Å². The third kappa shape index (κ3) is 2.52. The van der Waals surface area contributed by atoms with E-state index in [1.165, 1.54) is 0 Å². The summed E-state index contributed by atoms with van der Waals surface area (Å²) in [6, 6.07) is 12.3. The summed E-state index contributed by atoms with van der Waals surface area (Å²) in [5.41, 5.74) is 0. The molecule has 0 aliphatic rings. The van der Waals surface area contributed by atoms with Crippen LogP contribution in [0.25, 0.3) is 0 Å². The molecule has 0 radical (unpaired) electrons. The van der Waals surface area contributed by atoms with Crippen molar-refractivity contribution in [1.82, 2.24) is 0 Å². The van der Waals surface area contributed by atoms with Gasteiger partial charge in [-0.15, -0.1) is 0 Å². The van der Waals surface area contributed by atoms with Crippen LogP contribution in [-0.4, -0.2) is 11.8 Å². The lowest BCUT2D eigenvalue weighted by atomic mass is 10.1. The summed E-state index contributed by atoms with van der Waals surface area (Å²) in [4.78, 5) is 0. The van der Waals surface area contributed by atoms with Crippen molar-refractivity contribution in [2.75, 3.05) is 6.61 Å². The Morgan fingerprint density at radius 2 is 1.78 bits per heavy atom. The van der Waals surface area contributed by atoms with Crippen LogP contribution in [0.1, 0.15) is 33.6 Å². The van der Waals surface area contributed by atoms with Gasteiger partial charge >= 0.3 is 0 Å². The Hall–Kier alpha value is -0.680. The van der Waals surface area contributed by atoms with Gasteiger partial charge in [-0.3, -0.25) is 0 Å². The van der Waals surface area contributed by atoms with Crippen LogP contribution in [0.3, 0.4) is 0 Å². The van der Waals surface area contributed by atoms with Gasteiger partial charge in [-0.05, 0) is 19.8 Å². The topological polar surface area (TPSA) is 33.0 Å². The molecule has 0 bridgehead atoms. The number of hydrogen-bond acceptors (Lipinski definition) is 3. The van der Waals surface area contributed by atoms with Crippen molar-refractivity contribution in [3.63, 3.8) is 0 Å². The molecule has 0 aromatic heterocycles. The minimum Gasteiger partial charge on any atom is -0.345 e. The van der Waals surface area contributed by atoms with Gasteiger partial charge in [-0.25, -0.2) is 0 Å². The van der Waals surface area contributed by atoms with Gasteiger partial charge in [-0.1, -0.05) is 56.0 Å². The normalized spacial score (nSPS) is 14.8. The highest BCUT2D eigenvalue weighted by Gasteiger charge is 2.44. The van der Waals surface area contributed by atoms with Gasteiger partial charge in [-0.2, -0.15) is 5.26 Å². The maximum Gasteiger partial charge on any atom is 0.114 e. The molecule has 1 aromatic rings. The fourth-order valence-electron chi connectivity index (χ4n) is 2.14. The van der Waals surface area contributed by atoms with Crippen LogP contribution in [0.2, 0.25) is 0 Å². The Morgan fingerprint density at radius 1 is 1.22 bits per heavy atom. The molecule has 98 valence electrons. The molecule has 0 saturated carbocycles. The lowest BCUT2D eigenvalue weighted by molar-refractivity contribution is 0.365. The highest BCUT2D eigenvalue weighted by molar-refractivity contribution is 8.16. The van der Waals surface area contributed by atoms with Crippen molar-refractivity contribution in [3.05, 3.63) is 30.3 Å². The van der Waals surface area contributed by atoms with E-state index in [4.69, 9.17) is 16.3 Å². The molecule has 0 heterocycles. The molecule has 4 heteroatoms. The fraction of sp³-hybridized carbons (Fsp3) is 0.500. The molecule has 0 fully saturated rings. The van der Waals surface area contributed by atoms with Gasteiger partial charge in [0.1, 0.15) is 11.4 Å². The minimum absolute atomic E-state index is 0.551. The predicted octanol–water partition coefficient (Wildman–Crippen LogP) is 3.83. The minimum atomic E-state index is -2.34. The van der Waals surface area contributed by atoms with Crippen LogP contribution in [-0.2, 0) is 16.3 Å². The second kappa shape index (κ2) is 6.48. The van der Waals surface area contributed by atoms with E-state index < -0.39 is 11.4 Å². The smallest absolute Gasteiger partial charge is 0.114 e. The first-order valence-corrected chi connectivity index (χ1v) is 9.03. The maximum atomic E-state index is 9.63. The van der Waals surface area contributed by atoms with Gasteiger partial charge in [0.2, 0.25) is 0 Å². The summed E-state index contributed by atoms with van der Waals surface area (Å²) >= 11 is 5.86. The standard InChI is InChI=1S/C14H20NOPS/c1-4-14(5-2,12-15)17(18,16-6-3)13-10-8-7-9-11-13/h7-11H,4-6H2,1-3H3/t17-/m1/s1. The maximum absolute atomic E-state index is 9.63. The van der Waals surface area contributed by atoms with E-state index in [1.54, 1.807) is 0 Å². The van der Waals surface area contributed by atoms with E-state index in [9.17, 15) is 5.26 Å². The molecule has 1 rings (SSSR count). The molecule has 0 saturated heterocycles. The summed E-state index contributed by atoms with van der Waals surface area (Å²) in [6.07, 6.45) is -0.884. The van der Waals surface area contributed by atoms with Crippen molar-refractivity contribution >= 4 is 23.4 Å². The van der Waals surface area contributed by atoms with E-state index in [-0.39, 0.29) is 0 Å².